The summed E-state index contributed by atoms with van der Waals surface area (Å²) in [6.07, 6.45) is 0. The minimum atomic E-state index is -0.404. The van der Waals surface area contributed by atoms with Gasteiger partial charge in [-0.05, 0) is 13.8 Å². The first-order valence-electron chi connectivity index (χ1n) is 6.54. The molecule has 108 valence electrons. The molecule has 0 aliphatic carbocycles. The van der Waals surface area contributed by atoms with Gasteiger partial charge in [0.2, 0.25) is 5.91 Å². The highest BCUT2D eigenvalue weighted by molar-refractivity contribution is 7.09. The second kappa shape index (κ2) is 6.01. The van der Waals surface area contributed by atoms with Crippen LogP contribution in [0.2, 0.25) is 0 Å². The Morgan fingerprint density at radius 3 is 2.42 bits per heavy atom. The van der Waals surface area contributed by atoms with Gasteiger partial charge in [0, 0.05) is 30.9 Å². The van der Waals surface area contributed by atoms with Gasteiger partial charge in [-0.15, -0.1) is 11.3 Å². The molecule has 4 nitrogen and oxygen atoms in total. The Labute approximate surface area is 120 Å². The summed E-state index contributed by atoms with van der Waals surface area (Å²) in [7, 11) is 1.67. The Kier molecular flexibility index (Phi) is 5.10. The second-order valence-corrected chi connectivity index (χ2v) is 7.39. The maximum absolute atomic E-state index is 11.6. The van der Waals surface area contributed by atoms with Crippen LogP contribution >= 0.6 is 11.3 Å². The van der Waals surface area contributed by atoms with Crippen LogP contribution in [0.1, 0.15) is 45.3 Å². The number of amides is 1. The summed E-state index contributed by atoms with van der Waals surface area (Å²) < 4.78 is 0. The van der Waals surface area contributed by atoms with Gasteiger partial charge in [-0.2, -0.15) is 0 Å². The van der Waals surface area contributed by atoms with Gasteiger partial charge in [0.25, 0.3) is 0 Å². The van der Waals surface area contributed by atoms with Gasteiger partial charge in [0.1, 0.15) is 5.01 Å². The molecule has 1 aromatic heterocycles. The molecule has 0 spiro atoms. The van der Waals surface area contributed by atoms with Crippen LogP contribution in [-0.4, -0.2) is 24.5 Å². The van der Waals surface area contributed by atoms with Crippen LogP contribution in [0.4, 0.5) is 0 Å². The van der Waals surface area contributed by atoms with Crippen molar-refractivity contribution in [2.75, 3.05) is 13.6 Å². The van der Waals surface area contributed by atoms with Crippen molar-refractivity contribution in [2.45, 2.75) is 46.6 Å². The molecule has 19 heavy (non-hydrogen) atoms. The van der Waals surface area contributed by atoms with Crippen LogP contribution in [0.5, 0.6) is 0 Å². The van der Waals surface area contributed by atoms with Gasteiger partial charge in [-0.25, -0.2) is 4.98 Å². The van der Waals surface area contributed by atoms with E-state index < -0.39 is 5.41 Å². The van der Waals surface area contributed by atoms with E-state index in [2.05, 4.69) is 41.8 Å². The molecule has 0 saturated carbocycles. The average Bonchev–Trinajstić information content (AvgIpc) is 2.76. The van der Waals surface area contributed by atoms with Crippen molar-refractivity contribution in [3.63, 3.8) is 0 Å². The summed E-state index contributed by atoms with van der Waals surface area (Å²) >= 11 is 1.67. The van der Waals surface area contributed by atoms with Crippen molar-refractivity contribution in [3.8, 4) is 0 Å². The number of hydrogen-bond acceptors (Lipinski definition) is 4. The molecule has 0 fully saturated rings. The van der Waals surface area contributed by atoms with Crippen LogP contribution in [0.15, 0.2) is 5.38 Å². The normalized spacial score (nSPS) is 12.5. The number of aromatic nitrogens is 1. The van der Waals surface area contributed by atoms with Crippen LogP contribution in [-0.2, 0) is 16.8 Å². The molecule has 0 aromatic carbocycles. The van der Waals surface area contributed by atoms with Crippen molar-refractivity contribution in [1.29, 1.82) is 0 Å². The van der Waals surface area contributed by atoms with Crippen molar-refractivity contribution in [2.24, 2.45) is 5.41 Å². The maximum Gasteiger partial charge on any atom is 0.226 e. The third-order valence-corrected chi connectivity index (χ3v) is 3.85. The minimum absolute atomic E-state index is 0.0505. The highest BCUT2D eigenvalue weighted by Gasteiger charge is 2.26. The fourth-order valence-corrected chi connectivity index (χ4v) is 2.63. The Hall–Kier alpha value is -0.940. The molecule has 0 aliphatic heterocycles. The monoisotopic (exact) mass is 283 g/mol. The Bertz CT molecular complexity index is 432. The third-order valence-electron chi connectivity index (χ3n) is 3.01. The quantitative estimate of drug-likeness (QED) is 0.872. The van der Waals surface area contributed by atoms with Gasteiger partial charge in [-0.3, -0.25) is 4.79 Å². The predicted octanol–water partition coefficient (Wildman–Crippen LogP) is 2.30. The zero-order chi connectivity index (χ0) is 14.7. The lowest BCUT2D eigenvalue weighted by molar-refractivity contribution is -0.128. The molecular weight excluding hydrogens is 258 g/mol. The number of carbonyl (C=O) groups excluding carboxylic acids is 1. The average molecular weight is 283 g/mol. The topological polar surface area (TPSA) is 54.0 Å². The van der Waals surface area contributed by atoms with Gasteiger partial charge in [-0.1, -0.05) is 20.8 Å². The lowest BCUT2D eigenvalue weighted by Gasteiger charge is -2.22. The predicted molar refractivity (Wildman–Crippen MR) is 80.4 cm³/mol. The van der Waals surface area contributed by atoms with Crippen molar-refractivity contribution >= 4 is 17.2 Å². The summed E-state index contributed by atoms with van der Waals surface area (Å²) in [5.74, 6) is 0.0505. The zero-order valence-corrected chi connectivity index (χ0v) is 13.6. The fraction of sp³-hybridized carbons (Fsp3) is 0.714. The third kappa shape index (κ3) is 4.58. The number of thiazole rings is 1. The summed E-state index contributed by atoms with van der Waals surface area (Å²) in [4.78, 5) is 16.3. The lowest BCUT2D eigenvalue weighted by atomic mass is 9.92. The first-order chi connectivity index (χ1) is 8.66. The Morgan fingerprint density at radius 1 is 1.32 bits per heavy atom. The van der Waals surface area contributed by atoms with Gasteiger partial charge < -0.3 is 10.6 Å². The van der Waals surface area contributed by atoms with E-state index in [4.69, 9.17) is 0 Å². The molecule has 0 unspecified atom stereocenters. The smallest absolute Gasteiger partial charge is 0.226 e. The summed E-state index contributed by atoms with van der Waals surface area (Å²) in [6.45, 7) is 11.7. The Balaban J connectivity index is 2.50. The van der Waals surface area contributed by atoms with Gasteiger partial charge >= 0.3 is 0 Å². The van der Waals surface area contributed by atoms with E-state index >= 15 is 0 Å². The lowest BCUT2D eigenvalue weighted by Crippen LogP contribution is -2.41. The van der Waals surface area contributed by atoms with Crippen LogP contribution in [0, 0.1) is 5.41 Å². The highest BCUT2D eigenvalue weighted by atomic mass is 32.1. The van der Waals surface area contributed by atoms with E-state index in [9.17, 15) is 4.79 Å². The van der Waals surface area contributed by atoms with Gasteiger partial charge in [0.15, 0.2) is 0 Å². The first kappa shape index (κ1) is 16.1. The van der Waals surface area contributed by atoms with E-state index in [0.717, 1.165) is 10.7 Å². The molecule has 1 rings (SSSR count). The van der Waals surface area contributed by atoms with E-state index in [0.29, 0.717) is 13.1 Å². The fourth-order valence-electron chi connectivity index (χ4n) is 1.64. The number of nitrogens with zero attached hydrogens (tertiary/aromatic N) is 1. The largest absolute Gasteiger partial charge is 0.359 e. The highest BCUT2D eigenvalue weighted by Crippen LogP contribution is 2.24. The standard InChI is InChI=1S/C14H25N3OS/c1-13(2,3)10-8-19-11(17-10)7-16-9-14(4,5)12(18)15-6/h8,16H,7,9H2,1-6H3,(H,15,18). The number of carbonyl (C=O) groups is 1. The summed E-state index contributed by atoms with van der Waals surface area (Å²) in [5.41, 5.74) is 0.814. The molecule has 2 N–H and O–H groups in total. The van der Waals surface area contributed by atoms with Crippen molar-refractivity contribution in [3.05, 3.63) is 16.1 Å². The number of rotatable bonds is 5. The second-order valence-electron chi connectivity index (χ2n) is 6.44. The molecule has 0 aliphatic rings. The van der Waals surface area contributed by atoms with Crippen LogP contribution in [0.3, 0.4) is 0 Å². The summed E-state index contributed by atoms with van der Waals surface area (Å²) in [5, 5.41) is 9.17. The Morgan fingerprint density at radius 2 is 1.95 bits per heavy atom. The van der Waals surface area contributed by atoms with Crippen molar-refractivity contribution in [1.82, 2.24) is 15.6 Å². The molecule has 1 amide bonds. The maximum atomic E-state index is 11.6. The van der Waals surface area contributed by atoms with Crippen molar-refractivity contribution < 1.29 is 4.79 Å². The van der Waals surface area contributed by atoms with E-state index in [1.54, 1.807) is 18.4 Å². The number of nitrogens with one attached hydrogen (secondary N) is 2. The van der Waals surface area contributed by atoms with E-state index in [1.165, 1.54) is 0 Å². The first-order valence-corrected chi connectivity index (χ1v) is 7.42. The molecule has 0 saturated heterocycles. The van der Waals surface area contributed by atoms with Crippen LogP contribution in [0.25, 0.3) is 0 Å². The van der Waals surface area contributed by atoms with Gasteiger partial charge in [0.05, 0.1) is 11.1 Å². The summed E-state index contributed by atoms with van der Waals surface area (Å²) in [6, 6.07) is 0. The van der Waals surface area contributed by atoms with E-state index in [-0.39, 0.29) is 11.3 Å². The molecule has 0 radical (unpaired) electrons. The minimum Gasteiger partial charge on any atom is -0.359 e. The SMILES string of the molecule is CNC(=O)C(C)(C)CNCc1nc(C(C)(C)C)cs1. The molecular formula is C14H25N3OS. The molecule has 0 bridgehead atoms. The number of hydrogen-bond donors (Lipinski definition) is 2. The molecule has 5 heteroatoms. The molecule has 0 atom stereocenters. The zero-order valence-electron chi connectivity index (χ0n) is 12.8. The molecule has 1 heterocycles. The molecule has 1 aromatic rings. The van der Waals surface area contributed by atoms with E-state index in [1.807, 2.05) is 13.8 Å². The van der Waals surface area contributed by atoms with Crippen LogP contribution < -0.4 is 10.6 Å².